The van der Waals surface area contributed by atoms with Crippen molar-refractivity contribution in [3.8, 4) is 0 Å². The van der Waals surface area contributed by atoms with Crippen LogP contribution in [-0.4, -0.2) is 24.2 Å². The molecule has 0 saturated carbocycles. The number of carbonyl (C=O) groups excluding carboxylic acids is 1. The van der Waals surface area contributed by atoms with Gasteiger partial charge in [0.05, 0.1) is 5.69 Å². The molecule has 0 aliphatic carbocycles. The highest BCUT2D eigenvalue weighted by Gasteiger charge is 2.35. The SMILES string of the molecule is CCN1c2ccc(C=Nc3ccc(NC(C)=O)cc3)cc2[C@H](C)CC1(C)C. The second-order valence-electron chi connectivity index (χ2n) is 7.97. The molecule has 3 rings (SSSR count). The molecule has 1 aliphatic heterocycles. The van der Waals surface area contributed by atoms with Crippen LogP contribution in [0.25, 0.3) is 0 Å². The zero-order valence-electron chi connectivity index (χ0n) is 16.9. The molecular weight excluding hydrogens is 334 g/mol. The molecule has 0 unspecified atom stereocenters. The van der Waals surface area contributed by atoms with E-state index in [0.717, 1.165) is 29.9 Å². The van der Waals surface area contributed by atoms with Crippen LogP contribution in [-0.2, 0) is 4.79 Å². The number of hydrogen-bond donors (Lipinski definition) is 1. The Labute approximate surface area is 162 Å². The van der Waals surface area contributed by atoms with Crippen LogP contribution < -0.4 is 10.2 Å². The maximum Gasteiger partial charge on any atom is 0.221 e. The number of anilines is 2. The van der Waals surface area contributed by atoms with Crippen molar-refractivity contribution in [2.24, 2.45) is 4.99 Å². The van der Waals surface area contributed by atoms with E-state index in [9.17, 15) is 4.79 Å². The number of amides is 1. The molecular formula is C23H29N3O. The highest BCUT2D eigenvalue weighted by Crippen LogP contribution is 2.43. The fourth-order valence-electron chi connectivity index (χ4n) is 4.17. The van der Waals surface area contributed by atoms with E-state index in [4.69, 9.17) is 0 Å². The average Bonchev–Trinajstić information content (AvgIpc) is 2.60. The summed E-state index contributed by atoms with van der Waals surface area (Å²) >= 11 is 0. The molecule has 4 heteroatoms. The molecule has 27 heavy (non-hydrogen) atoms. The quantitative estimate of drug-likeness (QED) is 0.728. The van der Waals surface area contributed by atoms with Crippen molar-refractivity contribution >= 4 is 29.2 Å². The van der Waals surface area contributed by atoms with Crippen LogP contribution >= 0.6 is 0 Å². The Kier molecular flexibility index (Phi) is 5.36. The first-order valence-electron chi connectivity index (χ1n) is 9.63. The predicted octanol–water partition coefficient (Wildman–Crippen LogP) is 5.51. The van der Waals surface area contributed by atoms with Crippen molar-refractivity contribution in [2.75, 3.05) is 16.8 Å². The summed E-state index contributed by atoms with van der Waals surface area (Å²) < 4.78 is 0. The summed E-state index contributed by atoms with van der Waals surface area (Å²) in [5.74, 6) is 0.460. The Bertz CT molecular complexity index is 852. The van der Waals surface area contributed by atoms with Crippen molar-refractivity contribution < 1.29 is 4.79 Å². The first kappa shape index (κ1) is 19.2. The van der Waals surface area contributed by atoms with Gasteiger partial charge >= 0.3 is 0 Å². The molecule has 0 radical (unpaired) electrons. The van der Waals surface area contributed by atoms with Crippen LogP contribution in [0.4, 0.5) is 17.1 Å². The highest BCUT2D eigenvalue weighted by atomic mass is 16.1. The molecule has 1 N–H and O–H groups in total. The van der Waals surface area contributed by atoms with E-state index < -0.39 is 0 Å². The van der Waals surface area contributed by atoms with Crippen LogP contribution in [0.3, 0.4) is 0 Å². The fourth-order valence-corrected chi connectivity index (χ4v) is 4.17. The Hall–Kier alpha value is -2.62. The number of hydrogen-bond acceptors (Lipinski definition) is 3. The predicted molar refractivity (Wildman–Crippen MR) is 115 cm³/mol. The molecule has 0 aromatic heterocycles. The molecule has 0 bridgehead atoms. The Balaban J connectivity index is 1.82. The molecule has 0 spiro atoms. The monoisotopic (exact) mass is 363 g/mol. The number of nitrogens with zero attached hydrogens (tertiary/aromatic N) is 2. The van der Waals surface area contributed by atoms with Crippen molar-refractivity contribution in [2.45, 2.75) is 52.5 Å². The van der Waals surface area contributed by atoms with Gasteiger partial charge in [0.25, 0.3) is 0 Å². The van der Waals surface area contributed by atoms with E-state index >= 15 is 0 Å². The summed E-state index contributed by atoms with van der Waals surface area (Å²) in [5.41, 5.74) is 5.70. The van der Waals surface area contributed by atoms with Gasteiger partial charge in [0.2, 0.25) is 5.91 Å². The molecule has 4 nitrogen and oxygen atoms in total. The molecule has 1 atom stereocenters. The van der Waals surface area contributed by atoms with Crippen LogP contribution in [0.1, 0.15) is 58.1 Å². The lowest BCUT2D eigenvalue weighted by atomic mass is 9.79. The van der Waals surface area contributed by atoms with Gasteiger partial charge in [-0.15, -0.1) is 0 Å². The van der Waals surface area contributed by atoms with Gasteiger partial charge in [0.15, 0.2) is 0 Å². The molecule has 1 aliphatic rings. The first-order chi connectivity index (χ1) is 12.8. The minimum atomic E-state index is -0.0706. The van der Waals surface area contributed by atoms with Gasteiger partial charge < -0.3 is 10.2 Å². The molecule has 0 fully saturated rings. The topological polar surface area (TPSA) is 44.7 Å². The number of fused-ring (bicyclic) bond motifs is 1. The van der Waals surface area contributed by atoms with Crippen molar-refractivity contribution in [3.05, 3.63) is 53.6 Å². The van der Waals surface area contributed by atoms with Crippen molar-refractivity contribution in [1.29, 1.82) is 0 Å². The highest BCUT2D eigenvalue weighted by molar-refractivity contribution is 5.89. The summed E-state index contributed by atoms with van der Waals surface area (Å²) in [4.78, 5) is 18.2. The normalized spacial score (nSPS) is 18.4. The number of carbonyl (C=O) groups is 1. The second-order valence-corrected chi connectivity index (χ2v) is 7.97. The van der Waals surface area contributed by atoms with E-state index in [2.05, 4.69) is 61.1 Å². The number of rotatable bonds is 4. The first-order valence-corrected chi connectivity index (χ1v) is 9.63. The number of benzene rings is 2. The Morgan fingerprint density at radius 3 is 2.59 bits per heavy atom. The van der Waals surface area contributed by atoms with Crippen LogP contribution in [0.5, 0.6) is 0 Å². The third-order valence-electron chi connectivity index (χ3n) is 5.28. The summed E-state index contributed by atoms with van der Waals surface area (Å²) in [6.45, 7) is 11.7. The summed E-state index contributed by atoms with van der Waals surface area (Å²) in [6.07, 6.45) is 3.06. The van der Waals surface area contributed by atoms with Crippen molar-refractivity contribution in [1.82, 2.24) is 0 Å². The van der Waals surface area contributed by atoms with E-state index in [1.807, 2.05) is 30.5 Å². The molecule has 1 heterocycles. The maximum atomic E-state index is 11.1. The van der Waals surface area contributed by atoms with Gasteiger partial charge in [-0.1, -0.05) is 13.0 Å². The average molecular weight is 364 g/mol. The smallest absolute Gasteiger partial charge is 0.221 e. The van der Waals surface area contributed by atoms with E-state index in [-0.39, 0.29) is 11.4 Å². The number of nitrogens with one attached hydrogen (secondary N) is 1. The second kappa shape index (κ2) is 7.55. The standard InChI is InChI=1S/C23H29N3O/c1-6-26-22-12-7-18(13-21(22)16(2)14-23(26,4)5)15-24-19-8-10-20(11-9-19)25-17(3)27/h7-13,15-16H,6,14H2,1-5H3,(H,25,27)/t16-/m1/s1. The summed E-state index contributed by atoms with van der Waals surface area (Å²) in [6, 6.07) is 14.2. The summed E-state index contributed by atoms with van der Waals surface area (Å²) in [5, 5.41) is 2.77. The van der Waals surface area contributed by atoms with Crippen molar-refractivity contribution in [3.63, 3.8) is 0 Å². The Morgan fingerprint density at radius 1 is 1.26 bits per heavy atom. The lowest BCUT2D eigenvalue weighted by molar-refractivity contribution is -0.114. The fraction of sp³-hybridized carbons (Fsp3) is 0.391. The third-order valence-corrected chi connectivity index (χ3v) is 5.28. The van der Waals surface area contributed by atoms with Crippen LogP contribution in [0.2, 0.25) is 0 Å². The van der Waals surface area contributed by atoms with Crippen LogP contribution in [0, 0.1) is 0 Å². The van der Waals surface area contributed by atoms with E-state index in [0.29, 0.717) is 5.92 Å². The minimum absolute atomic E-state index is 0.0706. The summed E-state index contributed by atoms with van der Waals surface area (Å²) in [7, 11) is 0. The van der Waals surface area contributed by atoms with Gasteiger partial charge in [0.1, 0.15) is 0 Å². The lowest BCUT2D eigenvalue weighted by Gasteiger charge is -2.47. The van der Waals surface area contributed by atoms with Crippen LogP contribution in [0.15, 0.2) is 47.5 Å². The number of aliphatic imine (C=N–C) groups is 1. The van der Waals surface area contributed by atoms with E-state index in [1.54, 1.807) is 0 Å². The molecule has 2 aromatic carbocycles. The Morgan fingerprint density at radius 2 is 1.96 bits per heavy atom. The van der Waals surface area contributed by atoms with Gasteiger partial charge in [-0.05, 0) is 80.6 Å². The molecule has 142 valence electrons. The molecule has 1 amide bonds. The van der Waals surface area contributed by atoms with Gasteiger partial charge in [0, 0.05) is 36.6 Å². The third kappa shape index (κ3) is 4.21. The zero-order chi connectivity index (χ0) is 19.6. The van der Waals surface area contributed by atoms with Gasteiger partial charge in [-0.2, -0.15) is 0 Å². The lowest BCUT2D eigenvalue weighted by Crippen LogP contribution is -2.48. The minimum Gasteiger partial charge on any atom is -0.366 e. The largest absolute Gasteiger partial charge is 0.366 e. The van der Waals surface area contributed by atoms with Gasteiger partial charge in [-0.25, -0.2) is 0 Å². The zero-order valence-corrected chi connectivity index (χ0v) is 16.9. The van der Waals surface area contributed by atoms with Gasteiger partial charge in [-0.3, -0.25) is 9.79 Å². The maximum absolute atomic E-state index is 11.1. The van der Waals surface area contributed by atoms with E-state index in [1.165, 1.54) is 18.2 Å². The molecule has 2 aromatic rings. The molecule has 0 saturated heterocycles.